The third kappa shape index (κ3) is 2.43. The Morgan fingerprint density at radius 3 is 2.80 bits per heavy atom. The number of hydrogen-bond acceptors (Lipinski definition) is 2. The minimum atomic E-state index is -0.189. The van der Waals surface area contributed by atoms with E-state index in [0.29, 0.717) is 11.6 Å². The maximum absolute atomic E-state index is 12.2. The van der Waals surface area contributed by atoms with Crippen molar-refractivity contribution in [2.24, 2.45) is 0 Å². The van der Waals surface area contributed by atoms with Crippen LogP contribution in [0.4, 0.5) is 0 Å². The first-order chi connectivity index (χ1) is 9.79. The van der Waals surface area contributed by atoms with Gasteiger partial charge in [0.2, 0.25) is 0 Å². The number of nitrogens with zero attached hydrogens (tertiary/aromatic N) is 2. The number of para-hydroxylation sites is 1. The van der Waals surface area contributed by atoms with Gasteiger partial charge in [0, 0.05) is 5.92 Å². The molecule has 4 nitrogen and oxygen atoms in total. The van der Waals surface area contributed by atoms with Crippen LogP contribution in [0, 0.1) is 12.3 Å². The van der Waals surface area contributed by atoms with Gasteiger partial charge in [-0.3, -0.25) is 4.79 Å². The SMILES string of the molecule is C#CCNC(=O)c1cc(C2CC2)nn1-c1ccccc1. The lowest BCUT2D eigenvalue weighted by Gasteiger charge is -2.06. The minimum Gasteiger partial charge on any atom is -0.340 e. The zero-order valence-electron chi connectivity index (χ0n) is 11.0. The predicted molar refractivity (Wildman–Crippen MR) is 76.7 cm³/mol. The monoisotopic (exact) mass is 265 g/mol. The van der Waals surface area contributed by atoms with E-state index in [0.717, 1.165) is 24.2 Å². The molecule has 0 radical (unpaired) electrons. The maximum atomic E-state index is 12.2. The molecule has 1 aliphatic carbocycles. The van der Waals surface area contributed by atoms with E-state index in [1.54, 1.807) is 4.68 Å². The van der Waals surface area contributed by atoms with Crippen molar-refractivity contribution in [3.05, 3.63) is 47.8 Å². The highest BCUT2D eigenvalue weighted by molar-refractivity contribution is 5.93. The van der Waals surface area contributed by atoms with E-state index in [-0.39, 0.29) is 12.5 Å². The van der Waals surface area contributed by atoms with Crippen molar-refractivity contribution in [3.8, 4) is 18.0 Å². The molecular formula is C16H15N3O. The van der Waals surface area contributed by atoms with E-state index in [9.17, 15) is 4.79 Å². The first-order valence-corrected chi connectivity index (χ1v) is 6.66. The molecule has 1 aromatic heterocycles. The van der Waals surface area contributed by atoms with Gasteiger partial charge in [0.15, 0.2) is 0 Å². The summed E-state index contributed by atoms with van der Waals surface area (Å²) in [5.74, 6) is 2.72. The fourth-order valence-corrected chi connectivity index (χ4v) is 2.13. The molecule has 2 aromatic rings. The third-order valence-electron chi connectivity index (χ3n) is 3.31. The van der Waals surface area contributed by atoms with Crippen LogP contribution in [0.3, 0.4) is 0 Å². The summed E-state index contributed by atoms with van der Waals surface area (Å²) in [6.45, 7) is 0.220. The Kier molecular flexibility index (Phi) is 3.26. The number of aromatic nitrogens is 2. The van der Waals surface area contributed by atoms with Gasteiger partial charge in [0.1, 0.15) is 5.69 Å². The van der Waals surface area contributed by atoms with Crippen LogP contribution in [-0.4, -0.2) is 22.2 Å². The van der Waals surface area contributed by atoms with Crippen molar-refractivity contribution in [1.82, 2.24) is 15.1 Å². The van der Waals surface area contributed by atoms with Gasteiger partial charge < -0.3 is 5.32 Å². The Bertz CT molecular complexity index is 663. The lowest BCUT2D eigenvalue weighted by Crippen LogP contribution is -2.26. The number of nitrogens with one attached hydrogen (secondary N) is 1. The summed E-state index contributed by atoms with van der Waals surface area (Å²) in [6.07, 6.45) is 7.48. The number of hydrogen-bond donors (Lipinski definition) is 1. The Hall–Kier alpha value is -2.54. The van der Waals surface area contributed by atoms with E-state index in [2.05, 4.69) is 16.3 Å². The number of rotatable bonds is 4. The van der Waals surface area contributed by atoms with Gasteiger partial charge in [-0.25, -0.2) is 4.68 Å². The van der Waals surface area contributed by atoms with Crippen LogP contribution < -0.4 is 5.32 Å². The largest absolute Gasteiger partial charge is 0.340 e. The highest BCUT2D eigenvalue weighted by Gasteiger charge is 2.28. The number of carbonyl (C=O) groups is 1. The molecule has 4 heteroatoms. The molecule has 0 saturated heterocycles. The normalized spacial score (nSPS) is 13.8. The van der Waals surface area contributed by atoms with Crippen LogP contribution in [-0.2, 0) is 0 Å². The van der Waals surface area contributed by atoms with E-state index < -0.39 is 0 Å². The molecule has 1 fully saturated rings. The van der Waals surface area contributed by atoms with Crippen molar-refractivity contribution < 1.29 is 4.79 Å². The Morgan fingerprint density at radius 1 is 1.40 bits per heavy atom. The molecule has 1 saturated carbocycles. The van der Waals surface area contributed by atoms with Gasteiger partial charge in [-0.1, -0.05) is 24.1 Å². The molecule has 100 valence electrons. The maximum Gasteiger partial charge on any atom is 0.270 e. The molecule has 0 unspecified atom stereocenters. The van der Waals surface area contributed by atoms with Crippen molar-refractivity contribution in [3.63, 3.8) is 0 Å². The number of terminal acetylenes is 1. The molecule has 1 aromatic carbocycles. The Labute approximate surface area is 117 Å². The van der Waals surface area contributed by atoms with E-state index in [1.165, 1.54) is 0 Å². The van der Waals surface area contributed by atoms with Gasteiger partial charge in [-0.2, -0.15) is 5.10 Å². The molecule has 0 bridgehead atoms. The quantitative estimate of drug-likeness (QED) is 0.861. The van der Waals surface area contributed by atoms with E-state index in [4.69, 9.17) is 6.42 Å². The van der Waals surface area contributed by atoms with Gasteiger partial charge in [0.25, 0.3) is 5.91 Å². The number of amides is 1. The van der Waals surface area contributed by atoms with Gasteiger partial charge in [0.05, 0.1) is 17.9 Å². The number of carbonyl (C=O) groups excluding carboxylic acids is 1. The van der Waals surface area contributed by atoms with Crippen LogP contribution in [0.2, 0.25) is 0 Å². The highest BCUT2D eigenvalue weighted by atomic mass is 16.2. The molecule has 3 rings (SSSR count). The van der Waals surface area contributed by atoms with Crippen molar-refractivity contribution in [2.45, 2.75) is 18.8 Å². The summed E-state index contributed by atoms with van der Waals surface area (Å²) in [5.41, 5.74) is 2.40. The topological polar surface area (TPSA) is 46.9 Å². The summed E-state index contributed by atoms with van der Waals surface area (Å²) in [7, 11) is 0. The number of benzene rings is 1. The second kappa shape index (κ2) is 5.22. The van der Waals surface area contributed by atoms with Crippen molar-refractivity contribution in [2.75, 3.05) is 6.54 Å². The molecule has 20 heavy (non-hydrogen) atoms. The van der Waals surface area contributed by atoms with Crippen molar-refractivity contribution in [1.29, 1.82) is 0 Å². The predicted octanol–water partition coefficient (Wildman–Crippen LogP) is 2.11. The summed E-state index contributed by atoms with van der Waals surface area (Å²) in [6, 6.07) is 11.5. The van der Waals surface area contributed by atoms with Crippen LogP contribution in [0.15, 0.2) is 36.4 Å². The molecule has 1 N–H and O–H groups in total. The van der Waals surface area contributed by atoms with Crippen molar-refractivity contribution >= 4 is 5.91 Å². The highest BCUT2D eigenvalue weighted by Crippen LogP contribution is 2.39. The first kappa shape index (κ1) is 12.5. The fourth-order valence-electron chi connectivity index (χ4n) is 2.13. The molecular weight excluding hydrogens is 250 g/mol. The Balaban J connectivity index is 1.99. The van der Waals surface area contributed by atoms with Crippen LogP contribution >= 0.6 is 0 Å². The van der Waals surface area contributed by atoms with Crippen LogP contribution in [0.25, 0.3) is 5.69 Å². The lowest BCUT2D eigenvalue weighted by molar-refractivity contribution is 0.0951. The summed E-state index contributed by atoms with van der Waals surface area (Å²) in [5, 5.41) is 7.27. The van der Waals surface area contributed by atoms with Gasteiger partial charge in [-0.15, -0.1) is 6.42 Å². The third-order valence-corrected chi connectivity index (χ3v) is 3.31. The zero-order chi connectivity index (χ0) is 13.9. The molecule has 1 heterocycles. The van der Waals surface area contributed by atoms with E-state index >= 15 is 0 Å². The van der Waals surface area contributed by atoms with Gasteiger partial charge in [-0.05, 0) is 31.0 Å². The lowest BCUT2D eigenvalue weighted by atomic mass is 10.2. The Morgan fingerprint density at radius 2 is 2.15 bits per heavy atom. The average molecular weight is 265 g/mol. The van der Waals surface area contributed by atoms with E-state index in [1.807, 2.05) is 36.4 Å². The smallest absolute Gasteiger partial charge is 0.270 e. The molecule has 0 spiro atoms. The fraction of sp³-hybridized carbons (Fsp3) is 0.250. The second-order valence-corrected chi connectivity index (χ2v) is 4.86. The summed E-state index contributed by atoms with van der Waals surface area (Å²) >= 11 is 0. The van der Waals surface area contributed by atoms with Gasteiger partial charge >= 0.3 is 0 Å². The molecule has 0 atom stereocenters. The molecule has 0 aliphatic heterocycles. The summed E-state index contributed by atoms with van der Waals surface area (Å²) in [4.78, 5) is 12.2. The molecule has 1 amide bonds. The minimum absolute atomic E-state index is 0.189. The van der Waals surface area contributed by atoms with Crippen LogP contribution in [0.1, 0.15) is 34.9 Å². The standard InChI is InChI=1S/C16H15N3O/c1-2-10-17-16(20)15-11-14(12-8-9-12)18-19(15)13-6-4-3-5-7-13/h1,3-7,11-12H,8-10H2,(H,17,20). The summed E-state index contributed by atoms with van der Waals surface area (Å²) < 4.78 is 1.69. The average Bonchev–Trinajstić information content (AvgIpc) is 3.24. The zero-order valence-corrected chi connectivity index (χ0v) is 11.0. The molecule has 1 aliphatic rings. The second-order valence-electron chi connectivity index (χ2n) is 4.86. The van der Waals surface area contributed by atoms with Crippen LogP contribution in [0.5, 0.6) is 0 Å². The first-order valence-electron chi connectivity index (χ1n) is 6.66.